The number of hydrogen-bond donors (Lipinski definition) is 0. The molecule has 0 aliphatic carbocycles. The van der Waals surface area contributed by atoms with E-state index in [4.69, 9.17) is 0 Å². The summed E-state index contributed by atoms with van der Waals surface area (Å²) in [5.41, 5.74) is 7.85. The monoisotopic (exact) mass is 436 g/mol. The van der Waals surface area contributed by atoms with E-state index in [0.717, 1.165) is 22.3 Å². The van der Waals surface area contributed by atoms with Gasteiger partial charge in [0.15, 0.2) is 0 Å². The molecule has 2 heteroatoms. The van der Waals surface area contributed by atoms with Crippen molar-refractivity contribution in [3.05, 3.63) is 129 Å². The van der Waals surface area contributed by atoms with Crippen LogP contribution in [0, 0.1) is 36.5 Å². The summed E-state index contributed by atoms with van der Waals surface area (Å²) in [4.78, 5) is 0. The molecule has 5 aromatic rings. The number of nitrogens with zero attached hydrogens (tertiary/aromatic N) is 2. The van der Waals surface area contributed by atoms with E-state index in [1.807, 2.05) is 0 Å². The summed E-state index contributed by atoms with van der Waals surface area (Å²) < 4.78 is 0. The summed E-state index contributed by atoms with van der Waals surface area (Å²) in [7, 11) is 0. The number of aryl methyl sites for hydroxylation is 2. The van der Waals surface area contributed by atoms with Crippen LogP contribution in [0.2, 0.25) is 0 Å². The highest BCUT2D eigenvalue weighted by Gasteiger charge is 2.12. The summed E-state index contributed by atoms with van der Waals surface area (Å²) >= 11 is 0. The van der Waals surface area contributed by atoms with Crippen molar-refractivity contribution in [1.82, 2.24) is 0 Å². The van der Waals surface area contributed by atoms with Crippen LogP contribution in [0.25, 0.3) is 21.5 Å². The quantitative estimate of drug-likeness (QED) is 0.292. The van der Waals surface area contributed by atoms with Gasteiger partial charge in [0.1, 0.15) is 0 Å². The number of fused-ring (bicyclic) bond motifs is 2. The van der Waals surface area contributed by atoms with Gasteiger partial charge in [0.2, 0.25) is 0 Å². The van der Waals surface area contributed by atoms with Gasteiger partial charge < -0.3 is 0 Å². The third-order valence-electron chi connectivity index (χ3n) is 6.48. The first-order valence-corrected chi connectivity index (χ1v) is 11.5. The number of hydrogen-bond acceptors (Lipinski definition) is 2. The van der Waals surface area contributed by atoms with E-state index in [1.165, 1.54) is 32.7 Å². The van der Waals surface area contributed by atoms with Crippen LogP contribution in [0.15, 0.2) is 84.9 Å². The first-order valence-electron chi connectivity index (χ1n) is 11.5. The molecule has 0 radical (unpaired) electrons. The molecule has 162 valence electrons. The van der Waals surface area contributed by atoms with Gasteiger partial charge in [0, 0.05) is 0 Å². The Morgan fingerprint density at radius 1 is 0.500 bits per heavy atom. The minimum absolute atomic E-state index is 0.568. The summed E-state index contributed by atoms with van der Waals surface area (Å²) in [6, 6.07) is 34.2. The molecule has 0 aliphatic heterocycles. The van der Waals surface area contributed by atoms with Crippen LogP contribution in [0.1, 0.15) is 44.5 Å². The molecule has 0 amide bonds. The molecule has 0 saturated carbocycles. The Kier molecular flexibility index (Phi) is 5.59. The van der Waals surface area contributed by atoms with E-state index in [1.54, 1.807) is 6.07 Å². The lowest BCUT2D eigenvalue weighted by atomic mass is 9.91. The predicted molar refractivity (Wildman–Crippen MR) is 139 cm³/mol. The van der Waals surface area contributed by atoms with E-state index in [0.29, 0.717) is 24.0 Å². The van der Waals surface area contributed by atoms with Gasteiger partial charge in [0.25, 0.3) is 0 Å². The Balaban J connectivity index is 1.51. The fraction of sp³-hybridized carbons (Fsp3) is 0.125. The van der Waals surface area contributed by atoms with Crippen LogP contribution in [0.3, 0.4) is 0 Å². The largest absolute Gasteiger partial charge is 0.192 e. The van der Waals surface area contributed by atoms with Gasteiger partial charge in [-0.05, 0) is 76.6 Å². The molecule has 0 N–H and O–H groups in total. The van der Waals surface area contributed by atoms with Crippen molar-refractivity contribution >= 4 is 21.5 Å². The van der Waals surface area contributed by atoms with Crippen molar-refractivity contribution in [2.75, 3.05) is 0 Å². The Bertz CT molecular complexity index is 1520. The fourth-order valence-electron chi connectivity index (χ4n) is 4.69. The van der Waals surface area contributed by atoms with Crippen LogP contribution in [0.5, 0.6) is 0 Å². The number of benzene rings is 5. The van der Waals surface area contributed by atoms with Crippen molar-refractivity contribution in [3.63, 3.8) is 0 Å². The van der Waals surface area contributed by atoms with E-state index in [2.05, 4.69) is 105 Å². The van der Waals surface area contributed by atoms with E-state index >= 15 is 0 Å². The Labute approximate surface area is 200 Å². The van der Waals surface area contributed by atoms with Crippen LogP contribution >= 0.6 is 0 Å². The predicted octanol–water partition coefficient (Wildman–Crippen LogP) is 7.53. The molecule has 0 heterocycles. The third-order valence-corrected chi connectivity index (χ3v) is 6.48. The molecule has 0 bridgehead atoms. The Morgan fingerprint density at radius 2 is 0.912 bits per heavy atom. The lowest BCUT2D eigenvalue weighted by Crippen LogP contribution is -2.00. The van der Waals surface area contributed by atoms with Crippen LogP contribution in [-0.4, -0.2) is 0 Å². The van der Waals surface area contributed by atoms with Gasteiger partial charge in [0.05, 0.1) is 23.3 Å². The summed E-state index contributed by atoms with van der Waals surface area (Å²) in [5, 5.41) is 24.4. The topological polar surface area (TPSA) is 47.6 Å². The molecule has 5 rings (SSSR count). The van der Waals surface area contributed by atoms with Gasteiger partial charge in [-0.3, -0.25) is 0 Å². The van der Waals surface area contributed by atoms with E-state index < -0.39 is 0 Å². The fourth-order valence-corrected chi connectivity index (χ4v) is 4.69. The zero-order valence-electron chi connectivity index (χ0n) is 19.4. The number of rotatable bonds is 4. The lowest BCUT2D eigenvalue weighted by Gasteiger charge is -2.12. The summed E-state index contributed by atoms with van der Waals surface area (Å²) in [6.45, 7) is 4.20. The second-order valence-corrected chi connectivity index (χ2v) is 9.11. The molecular weight excluding hydrogens is 412 g/mol. The molecular formula is C32H24N2. The summed E-state index contributed by atoms with van der Waals surface area (Å²) in [6.07, 6.45) is 1.31. The van der Waals surface area contributed by atoms with E-state index in [-0.39, 0.29) is 0 Å². The minimum atomic E-state index is 0.568. The first-order chi connectivity index (χ1) is 16.5. The highest BCUT2D eigenvalue weighted by Crippen LogP contribution is 2.26. The van der Waals surface area contributed by atoms with Crippen molar-refractivity contribution < 1.29 is 0 Å². The van der Waals surface area contributed by atoms with Crippen LogP contribution in [-0.2, 0) is 12.8 Å². The van der Waals surface area contributed by atoms with Crippen molar-refractivity contribution in [2.45, 2.75) is 26.7 Å². The maximum absolute atomic E-state index is 9.78. The second kappa shape index (κ2) is 8.86. The average Bonchev–Trinajstić information content (AvgIpc) is 2.84. The van der Waals surface area contributed by atoms with E-state index in [9.17, 15) is 10.5 Å². The van der Waals surface area contributed by atoms with Gasteiger partial charge in [-0.2, -0.15) is 10.5 Å². The highest BCUT2D eigenvalue weighted by molar-refractivity contribution is 5.84. The molecule has 0 atom stereocenters. The van der Waals surface area contributed by atoms with Gasteiger partial charge in [-0.1, -0.05) is 90.0 Å². The van der Waals surface area contributed by atoms with Crippen molar-refractivity contribution in [3.8, 4) is 12.1 Å². The maximum Gasteiger partial charge on any atom is 0.0995 e. The third kappa shape index (κ3) is 4.27. The number of nitriles is 2. The lowest BCUT2D eigenvalue weighted by molar-refractivity contribution is 1.12. The summed E-state index contributed by atoms with van der Waals surface area (Å²) in [5.74, 6) is 0. The molecule has 0 unspecified atom stereocenters. The standard InChI is InChI=1S/C32H24N2/c1-21-3-7-27-13-23(5-9-25(27)11-21)15-29-17-30(32(20-34)18-31(29)19-33)16-24-6-10-26-12-22(2)4-8-28(26)14-24/h3-14,17-18H,15-16H2,1-2H3. The minimum Gasteiger partial charge on any atom is -0.192 e. The highest BCUT2D eigenvalue weighted by atomic mass is 14.3. The molecule has 0 spiro atoms. The normalized spacial score (nSPS) is 10.8. The van der Waals surface area contributed by atoms with Gasteiger partial charge >= 0.3 is 0 Å². The van der Waals surface area contributed by atoms with Crippen LogP contribution in [0.4, 0.5) is 0 Å². The molecule has 2 nitrogen and oxygen atoms in total. The molecule has 0 aliphatic rings. The molecule has 34 heavy (non-hydrogen) atoms. The molecule has 0 fully saturated rings. The maximum atomic E-state index is 9.78. The smallest absolute Gasteiger partial charge is 0.0995 e. The zero-order chi connectivity index (χ0) is 23.7. The molecule has 5 aromatic carbocycles. The molecule has 0 aromatic heterocycles. The van der Waals surface area contributed by atoms with Crippen molar-refractivity contribution in [2.24, 2.45) is 0 Å². The van der Waals surface area contributed by atoms with Crippen molar-refractivity contribution in [1.29, 1.82) is 10.5 Å². The Hall–Kier alpha value is -4.40. The molecule has 0 saturated heterocycles. The van der Waals surface area contributed by atoms with Crippen LogP contribution < -0.4 is 0 Å². The Morgan fingerprint density at radius 3 is 1.35 bits per heavy atom. The zero-order valence-corrected chi connectivity index (χ0v) is 19.4. The van der Waals surface area contributed by atoms with Gasteiger partial charge in [-0.15, -0.1) is 0 Å². The first kappa shape index (κ1) is 21.4. The SMILES string of the molecule is Cc1ccc2cc(Cc3cc(Cc4ccc5cc(C)ccc5c4)c(C#N)cc3C#N)ccc2c1. The second-order valence-electron chi connectivity index (χ2n) is 9.11. The van der Waals surface area contributed by atoms with Gasteiger partial charge in [-0.25, -0.2) is 0 Å². The average molecular weight is 437 g/mol.